The lowest BCUT2D eigenvalue weighted by molar-refractivity contribution is 0.0951. The Hall–Kier alpha value is -2.74. The molecule has 0 atom stereocenters. The van der Waals surface area contributed by atoms with Gasteiger partial charge in [-0.05, 0) is 25.1 Å². The maximum atomic E-state index is 11.9. The van der Waals surface area contributed by atoms with Crippen molar-refractivity contribution in [1.29, 1.82) is 0 Å². The van der Waals surface area contributed by atoms with E-state index < -0.39 is 0 Å². The summed E-state index contributed by atoms with van der Waals surface area (Å²) < 4.78 is 0. The third-order valence-electron chi connectivity index (χ3n) is 4.19. The van der Waals surface area contributed by atoms with E-state index in [2.05, 4.69) is 30.1 Å². The van der Waals surface area contributed by atoms with Gasteiger partial charge in [-0.3, -0.25) is 14.5 Å². The van der Waals surface area contributed by atoms with Crippen molar-refractivity contribution in [2.24, 2.45) is 0 Å². The highest BCUT2D eigenvalue weighted by Gasteiger charge is 2.18. The average Bonchev–Trinajstić information content (AvgIpc) is 2.67. The first-order valence-corrected chi connectivity index (χ1v) is 8.43. The van der Waals surface area contributed by atoms with Crippen LogP contribution in [0.25, 0.3) is 0 Å². The molecule has 2 aromatic heterocycles. The number of rotatable bonds is 6. The van der Waals surface area contributed by atoms with Gasteiger partial charge in [-0.2, -0.15) is 0 Å². The number of anilines is 1. The summed E-state index contributed by atoms with van der Waals surface area (Å²) in [7, 11) is 0. The van der Waals surface area contributed by atoms with Crippen molar-refractivity contribution < 1.29 is 4.79 Å². The Morgan fingerprint density at radius 2 is 1.92 bits per heavy atom. The van der Waals surface area contributed by atoms with Crippen LogP contribution in [0.4, 0.5) is 5.95 Å². The quantitative estimate of drug-likeness (QED) is 0.724. The summed E-state index contributed by atoms with van der Waals surface area (Å²) in [6.45, 7) is 5.30. The van der Waals surface area contributed by atoms with Crippen molar-refractivity contribution in [3.05, 3.63) is 52.7 Å². The largest absolute Gasteiger partial charge is 0.352 e. The molecule has 1 amide bonds. The van der Waals surface area contributed by atoms with E-state index in [9.17, 15) is 9.59 Å². The number of piperazine rings is 1. The summed E-state index contributed by atoms with van der Waals surface area (Å²) in [4.78, 5) is 38.6. The van der Waals surface area contributed by atoms with Crippen LogP contribution in [-0.2, 0) is 0 Å². The number of carbonyl (C=O) groups excluding carboxylic acids is 1. The molecule has 0 unspecified atom stereocenters. The Labute approximate surface area is 145 Å². The highest BCUT2D eigenvalue weighted by Crippen LogP contribution is 2.09. The van der Waals surface area contributed by atoms with Gasteiger partial charge >= 0.3 is 0 Å². The maximum Gasteiger partial charge on any atom is 0.252 e. The number of hydrogen-bond donors (Lipinski definition) is 2. The molecular weight excluding hydrogens is 320 g/mol. The molecule has 132 valence electrons. The van der Waals surface area contributed by atoms with Crippen LogP contribution in [0.3, 0.4) is 0 Å². The van der Waals surface area contributed by atoms with Crippen LogP contribution in [-0.4, -0.2) is 65.0 Å². The van der Waals surface area contributed by atoms with Gasteiger partial charge in [0.25, 0.3) is 5.91 Å². The Morgan fingerprint density at radius 3 is 2.60 bits per heavy atom. The number of carbonyl (C=O) groups is 1. The van der Waals surface area contributed by atoms with Crippen molar-refractivity contribution in [2.75, 3.05) is 44.2 Å². The topological polar surface area (TPSA) is 94.2 Å². The summed E-state index contributed by atoms with van der Waals surface area (Å²) in [5, 5.41) is 2.87. The zero-order valence-corrected chi connectivity index (χ0v) is 14.0. The van der Waals surface area contributed by atoms with Gasteiger partial charge in [-0.1, -0.05) is 0 Å². The molecule has 0 spiro atoms. The van der Waals surface area contributed by atoms with Crippen molar-refractivity contribution in [1.82, 2.24) is 25.2 Å². The van der Waals surface area contributed by atoms with E-state index in [1.165, 1.54) is 18.3 Å². The van der Waals surface area contributed by atoms with Gasteiger partial charge in [0.2, 0.25) is 11.5 Å². The first-order chi connectivity index (χ1) is 12.2. The number of aromatic amines is 1. The van der Waals surface area contributed by atoms with E-state index in [4.69, 9.17) is 0 Å². The molecule has 2 N–H and O–H groups in total. The Kier molecular flexibility index (Phi) is 5.73. The molecule has 8 heteroatoms. The third kappa shape index (κ3) is 4.87. The molecule has 0 saturated carbocycles. The molecule has 1 saturated heterocycles. The fourth-order valence-corrected chi connectivity index (χ4v) is 2.78. The first-order valence-electron chi connectivity index (χ1n) is 8.43. The SMILES string of the molecule is O=C(NCCCN1CCN(c2ncccn2)CC1)c1ccc(=O)[nH]c1. The van der Waals surface area contributed by atoms with Crippen molar-refractivity contribution >= 4 is 11.9 Å². The van der Waals surface area contributed by atoms with Crippen LogP contribution in [0, 0.1) is 0 Å². The van der Waals surface area contributed by atoms with E-state index >= 15 is 0 Å². The molecule has 0 bridgehead atoms. The fourth-order valence-electron chi connectivity index (χ4n) is 2.78. The second-order valence-electron chi connectivity index (χ2n) is 5.93. The number of aromatic nitrogens is 3. The number of H-pyrrole nitrogens is 1. The van der Waals surface area contributed by atoms with E-state index in [-0.39, 0.29) is 11.5 Å². The fraction of sp³-hybridized carbons (Fsp3) is 0.412. The summed E-state index contributed by atoms with van der Waals surface area (Å²) in [6.07, 6.45) is 5.85. The molecule has 0 radical (unpaired) electrons. The molecule has 1 fully saturated rings. The molecule has 25 heavy (non-hydrogen) atoms. The lowest BCUT2D eigenvalue weighted by Gasteiger charge is -2.34. The van der Waals surface area contributed by atoms with E-state index in [1.807, 2.05) is 6.07 Å². The lowest BCUT2D eigenvalue weighted by atomic mass is 10.2. The van der Waals surface area contributed by atoms with Gasteiger partial charge < -0.3 is 15.2 Å². The van der Waals surface area contributed by atoms with Crippen LogP contribution in [0.1, 0.15) is 16.8 Å². The minimum absolute atomic E-state index is 0.165. The van der Waals surface area contributed by atoms with Gasteiger partial charge in [-0.25, -0.2) is 9.97 Å². The number of pyridine rings is 1. The molecule has 2 aromatic rings. The molecule has 8 nitrogen and oxygen atoms in total. The summed E-state index contributed by atoms with van der Waals surface area (Å²) in [6, 6.07) is 4.70. The first kappa shape index (κ1) is 17.1. The second kappa shape index (κ2) is 8.39. The molecule has 3 heterocycles. The average molecular weight is 342 g/mol. The zero-order valence-electron chi connectivity index (χ0n) is 14.0. The predicted octanol–water partition coefficient (Wildman–Crippen LogP) is 0.107. The standard InChI is InChI=1S/C17H22N6O2/c24-15-4-3-14(13-21-15)16(25)18-7-2-8-22-9-11-23(12-10-22)17-19-5-1-6-20-17/h1,3-6,13H,2,7-12H2,(H,18,25)(H,21,24). The normalized spacial score (nSPS) is 15.1. The summed E-state index contributed by atoms with van der Waals surface area (Å²) in [5.74, 6) is 0.623. The van der Waals surface area contributed by atoms with Gasteiger partial charge in [0.05, 0.1) is 5.56 Å². The monoisotopic (exact) mass is 342 g/mol. The van der Waals surface area contributed by atoms with Crippen LogP contribution in [0.15, 0.2) is 41.6 Å². The minimum atomic E-state index is -0.211. The number of nitrogens with zero attached hydrogens (tertiary/aromatic N) is 4. The van der Waals surface area contributed by atoms with E-state index in [0.717, 1.165) is 45.1 Å². The Balaban J connectivity index is 1.34. The molecule has 0 aliphatic carbocycles. The van der Waals surface area contributed by atoms with Crippen molar-refractivity contribution in [2.45, 2.75) is 6.42 Å². The van der Waals surface area contributed by atoms with Crippen molar-refractivity contribution in [3.8, 4) is 0 Å². The number of nitrogens with one attached hydrogen (secondary N) is 2. The van der Waals surface area contributed by atoms with Crippen LogP contribution in [0.5, 0.6) is 0 Å². The predicted molar refractivity (Wildman–Crippen MR) is 94.7 cm³/mol. The number of amides is 1. The van der Waals surface area contributed by atoms with Gasteiger partial charge in [0.1, 0.15) is 0 Å². The Bertz CT molecular complexity index is 720. The van der Waals surface area contributed by atoms with E-state index in [0.29, 0.717) is 12.1 Å². The molecule has 1 aliphatic rings. The third-order valence-corrected chi connectivity index (χ3v) is 4.19. The van der Waals surface area contributed by atoms with E-state index in [1.54, 1.807) is 12.4 Å². The second-order valence-corrected chi connectivity index (χ2v) is 5.93. The smallest absolute Gasteiger partial charge is 0.252 e. The zero-order chi connectivity index (χ0) is 17.5. The maximum absolute atomic E-state index is 11.9. The molecule has 1 aliphatic heterocycles. The highest BCUT2D eigenvalue weighted by atomic mass is 16.1. The van der Waals surface area contributed by atoms with Gasteiger partial charge in [0.15, 0.2) is 0 Å². The van der Waals surface area contributed by atoms with Crippen molar-refractivity contribution in [3.63, 3.8) is 0 Å². The van der Waals surface area contributed by atoms with Crippen LogP contribution in [0.2, 0.25) is 0 Å². The van der Waals surface area contributed by atoms with Gasteiger partial charge in [0, 0.05) is 57.4 Å². The summed E-state index contributed by atoms with van der Waals surface area (Å²) >= 11 is 0. The van der Waals surface area contributed by atoms with Gasteiger partial charge in [-0.15, -0.1) is 0 Å². The lowest BCUT2D eigenvalue weighted by Crippen LogP contribution is -2.47. The number of hydrogen-bond acceptors (Lipinski definition) is 6. The summed E-state index contributed by atoms with van der Waals surface area (Å²) in [5.41, 5.74) is 0.257. The highest BCUT2D eigenvalue weighted by molar-refractivity contribution is 5.93. The molecular formula is C17H22N6O2. The minimum Gasteiger partial charge on any atom is -0.352 e. The van der Waals surface area contributed by atoms with Crippen LogP contribution >= 0.6 is 0 Å². The molecule has 0 aromatic carbocycles. The molecule has 3 rings (SSSR count). The Morgan fingerprint density at radius 1 is 1.16 bits per heavy atom. The van der Waals surface area contributed by atoms with Crippen LogP contribution < -0.4 is 15.8 Å².